The van der Waals surface area contributed by atoms with Gasteiger partial charge in [-0.1, -0.05) is 66.9 Å². The van der Waals surface area contributed by atoms with Crippen molar-refractivity contribution >= 4 is 29.0 Å². The van der Waals surface area contributed by atoms with Crippen molar-refractivity contribution in [1.82, 2.24) is 4.90 Å². The molecule has 0 aromatic heterocycles. The van der Waals surface area contributed by atoms with Crippen LogP contribution in [0.5, 0.6) is 5.75 Å². The fraction of sp³-hybridized carbons (Fsp3) is 0.379. The number of hydrogen-bond donors (Lipinski definition) is 1. The molecule has 0 saturated carbocycles. The van der Waals surface area contributed by atoms with E-state index in [-0.39, 0.29) is 11.2 Å². The van der Waals surface area contributed by atoms with Crippen molar-refractivity contribution in [2.24, 2.45) is 11.1 Å². The van der Waals surface area contributed by atoms with E-state index in [0.717, 1.165) is 16.8 Å². The summed E-state index contributed by atoms with van der Waals surface area (Å²) in [5, 5.41) is 10.8. The maximum absolute atomic E-state index is 13.6. The smallest absolute Gasteiger partial charge is 0.162 e. The minimum atomic E-state index is -0.663. The first-order valence-corrected chi connectivity index (χ1v) is 12.9. The number of benzene rings is 2. The van der Waals surface area contributed by atoms with Crippen LogP contribution in [0.1, 0.15) is 49.3 Å². The van der Waals surface area contributed by atoms with Gasteiger partial charge in [-0.25, -0.2) is 0 Å². The minimum Gasteiger partial charge on any atom is -0.486 e. The lowest BCUT2D eigenvalue weighted by Crippen LogP contribution is -2.43. The van der Waals surface area contributed by atoms with Gasteiger partial charge in [0.05, 0.1) is 34.2 Å². The molecule has 2 aliphatic rings. The lowest BCUT2D eigenvalue weighted by molar-refractivity contribution is -0.118. The van der Waals surface area contributed by atoms with E-state index < -0.39 is 5.92 Å². The molecule has 8 heteroatoms. The monoisotopic (exact) mass is 539 g/mol. The number of nitrogens with two attached hydrogens (primary N) is 1. The quantitative estimate of drug-likeness (QED) is 0.446. The minimum absolute atomic E-state index is 0.00846. The predicted molar refractivity (Wildman–Crippen MR) is 145 cm³/mol. The highest BCUT2D eigenvalue weighted by Crippen LogP contribution is 2.50. The van der Waals surface area contributed by atoms with Crippen molar-refractivity contribution in [1.29, 1.82) is 5.26 Å². The topological polar surface area (TPSA) is 88.6 Å². The fourth-order valence-electron chi connectivity index (χ4n) is 5.07. The highest BCUT2D eigenvalue weighted by atomic mass is 35.5. The van der Waals surface area contributed by atoms with E-state index in [2.05, 4.69) is 19.9 Å². The third-order valence-corrected chi connectivity index (χ3v) is 7.43. The van der Waals surface area contributed by atoms with Gasteiger partial charge < -0.3 is 20.1 Å². The molecular weight excluding hydrogens is 509 g/mol. The first-order chi connectivity index (χ1) is 17.6. The molecule has 2 aromatic rings. The fourth-order valence-corrected chi connectivity index (χ4v) is 5.68. The summed E-state index contributed by atoms with van der Waals surface area (Å²) < 4.78 is 11.2. The standard InChI is InChI=1S/C29H31Cl2N3O3/c1-17-5-7-18(8-6-17)16-37-27-21(30)11-19(12-22(27)31)25-20(15-32)28(33)34(9-10-36-4)23-13-29(2,3)14-24(35)26(23)25/h5-8,11-12,25H,9-10,13-14,16,33H2,1-4H3/t25-/m1/s1. The second-order valence-electron chi connectivity index (χ2n) is 10.4. The first-order valence-electron chi connectivity index (χ1n) is 12.2. The number of ether oxygens (including phenoxy) is 2. The van der Waals surface area contributed by atoms with Crippen molar-refractivity contribution in [2.45, 2.75) is 46.1 Å². The molecule has 6 nitrogen and oxygen atoms in total. The van der Waals surface area contributed by atoms with Gasteiger partial charge in [0, 0.05) is 31.3 Å². The number of carbonyl (C=O) groups is 1. The maximum atomic E-state index is 13.6. The third-order valence-electron chi connectivity index (χ3n) is 6.86. The lowest BCUT2D eigenvalue weighted by atomic mass is 9.68. The largest absolute Gasteiger partial charge is 0.486 e. The van der Waals surface area contributed by atoms with Crippen molar-refractivity contribution in [3.05, 3.63) is 85.8 Å². The number of nitriles is 1. The van der Waals surface area contributed by atoms with Gasteiger partial charge in [0.25, 0.3) is 0 Å². The molecule has 0 spiro atoms. The van der Waals surface area contributed by atoms with Crippen LogP contribution in [0.4, 0.5) is 0 Å². The normalized spacial score (nSPS) is 19.1. The zero-order valence-electron chi connectivity index (χ0n) is 21.5. The van der Waals surface area contributed by atoms with E-state index in [0.29, 0.717) is 70.9 Å². The SMILES string of the molecule is COCCN1C(N)=C(C#N)[C@@H](c2cc(Cl)c(OCc3ccc(C)cc3)c(Cl)c2)C2=C1CC(C)(C)CC2=O. The number of allylic oxidation sites excluding steroid dienone is 3. The van der Waals surface area contributed by atoms with Gasteiger partial charge >= 0.3 is 0 Å². The Bertz CT molecular complexity index is 1300. The second-order valence-corrected chi connectivity index (χ2v) is 11.2. The van der Waals surface area contributed by atoms with Crippen molar-refractivity contribution in [3.63, 3.8) is 0 Å². The average Bonchev–Trinajstić information content (AvgIpc) is 2.82. The molecule has 0 radical (unpaired) electrons. The van der Waals surface area contributed by atoms with Gasteiger partial charge in [-0.15, -0.1) is 0 Å². The molecule has 1 atom stereocenters. The summed E-state index contributed by atoms with van der Waals surface area (Å²) in [6.07, 6.45) is 1.02. The Morgan fingerprint density at radius 1 is 1.16 bits per heavy atom. The number of rotatable bonds is 7. The van der Waals surface area contributed by atoms with Gasteiger partial charge in [0.2, 0.25) is 0 Å². The molecule has 1 heterocycles. The Balaban J connectivity index is 1.76. The molecule has 0 fully saturated rings. The van der Waals surface area contributed by atoms with Crippen LogP contribution in [0.15, 0.2) is 59.1 Å². The summed E-state index contributed by atoms with van der Waals surface area (Å²) in [5.74, 6) is 0.00102. The average molecular weight is 540 g/mol. The predicted octanol–water partition coefficient (Wildman–Crippen LogP) is 6.26. The molecule has 0 saturated heterocycles. The van der Waals surface area contributed by atoms with Crippen LogP contribution in [-0.2, 0) is 16.1 Å². The number of hydrogen-bond acceptors (Lipinski definition) is 6. The number of ketones is 1. The van der Waals surface area contributed by atoms with E-state index in [4.69, 9.17) is 38.4 Å². The molecule has 0 amide bonds. The highest BCUT2D eigenvalue weighted by Gasteiger charge is 2.44. The van der Waals surface area contributed by atoms with Crippen LogP contribution in [-0.4, -0.2) is 30.9 Å². The van der Waals surface area contributed by atoms with Crippen LogP contribution in [0.2, 0.25) is 10.0 Å². The van der Waals surface area contributed by atoms with Crippen LogP contribution in [0, 0.1) is 23.7 Å². The molecule has 1 aliphatic carbocycles. The van der Waals surface area contributed by atoms with E-state index in [1.807, 2.05) is 36.1 Å². The van der Waals surface area contributed by atoms with E-state index in [9.17, 15) is 10.1 Å². The summed E-state index contributed by atoms with van der Waals surface area (Å²) in [7, 11) is 1.61. The molecular formula is C29H31Cl2N3O3. The Hall–Kier alpha value is -2.98. The highest BCUT2D eigenvalue weighted by molar-refractivity contribution is 6.37. The summed E-state index contributed by atoms with van der Waals surface area (Å²) in [6, 6.07) is 13.7. The number of halogens is 2. The molecule has 194 valence electrons. The molecule has 2 N–H and O–H groups in total. The van der Waals surface area contributed by atoms with E-state index in [1.54, 1.807) is 19.2 Å². The van der Waals surface area contributed by atoms with Crippen LogP contribution < -0.4 is 10.5 Å². The van der Waals surface area contributed by atoms with Gasteiger partial charge in [-0.3, -0.25) is 4.79 Å². The van der Waals surface area contributed by atoms with Crippen LogP contribution in [0.3, 0.4) is 0 Å². The zero-order valence-corrected chi connectivity index (χ0v) is 23.0. The molecule has 1 aliphatic heterocycles. The van der Waals surface area contributed by atoms with Crippen molar-refractivity contribution < 1.29 is 14.3 Å². The van der Waals surface area contributed by atoms with Crippen molar-refractivity contribution in [3.8, 4) is 11.8 Å². The van der Waals surface area contributed by atoms with Gasteiger partial charge in [-0.2, -0.15) is 5.26 Å². The molecule has 37 heavy (non-hydrogen) atoms. The Labute approximate surface area is 228 Å². The Morgan fingerprint density at radius 3 is 2.41 bits per heavy atom. The maximum Gasteiger partial charge on any atom is 0.162 e. The number of nitrogens with zero attached hydrogens (tertiary/aromatic N) is 2. The van der Waals surface area contributed by atoms with E-state index >= 15 is 0 Å². The van der Waals surface area contributed by atoms with Gasteiger partial charge in [0.1, 0.15) is 12.4 Å². The number of carbonyl (C=O) groups excluding carboxylic acids is 1. The summed E-state index contributed by atoms with van der Waals surface area (Å²) in [4.78, 5) is 15.4. The third kappa shape index (κ3) is 5.50. The van der Waals surface area contributed by atoms with Gasteiger partial charge in [0.15, 0.2) is 11.5 Å². The Morgan fingerprint density at radius 2 is 1.81 bits per heavy atom. The van der Waals surface area contributed by atoms with Crippen molar-refractivity contribution in [2.75, 3.05) is 20.3 Å². The Kier molecular flexibility index (Phi) is 7.89. The first kappa shape index (κ1) is 27.1. The summed E-state index contributed by atoms with van der Waals surface area (Å²) in [5.41, 5.74) is 10.8. The molecule has 2 aromatic carbocycles. The number of methoxy groups -OCH3 is 1. The lowest BCUT2D eigenvalue weighted by Gasteiger charge is -2.43. The van der Waals surface area contributed by atoms with E-state index in [1.165, 1.54) is 0 Å². The molecule has 4 rings (SSSR count). The summed E-state index contributed by atoms with van der Waals surface area (Å²) >= 11 is 13.3. The molecule has 0 unspecified atom stereocenters. The number of Topliss-reactive ketones (excluding diaryl/α,β-unsaturated/α-hetero) is 1. The number of aryl methyl sites for hydroxylation is 1. The second kappa shape index (κ2) is 10.8. The van der Waals surface area contributed by atoms with Crippen LogP contribution in [0.25, 0.3) is 0 Å². The molecule has 0 bridgehead atoms. The summed E-state index contributed by atoms with van der Waals surface area (Å²) in [6.45, 7) is 7.29. The van der Waals surface area contributed by atoms with Gasteiger partial charge in [-0.05, 0) is 42.0 Å². The zero-order chi connectivity index (χ0) is 26.9. The van der Waals surface area contributed by atoms with Crippen LogP contribution >= 0.6 is 23.2 Å².